The van der Waals surface area contributed by atoms with Crippen molar-refractivity contribution >= 4 is 0 Å². The highest BCUT2D eigenvalue weighted by atomic mass is 14.9. The number of benzene rings is 1. The van der Waals surface area contributed by atoms with Crippen LogP contribution in [0.5, 0.6) is 0 Å². The molecule has 1 unspecified atom stereocenters. The van der Waals surface area contributed by atoms with E-state index < -0.39 is 0 Å². The standard InChI is InChI=1S/C17H25N/c1-2-18-16(14-8-6-9-14)17(12-7-13-17)15-10-4-3-5-11-15/h3-5,10-11,14,16,18H,2,6-9,12-13H2,1H3. The molecule has 98 valence electrons. The first-order valence-electron chi connectivity index (χ1n) is 7.66. The van der Waals surface area contributed by atoms with Crippen molar-refractivity contribution in [1.29, 1.82) is 0 Å². The van der Waals surface area contributed by atoms with Gasteiger partial charge in [0.15, 0.2) is 0 Å². The molecule has 1 heteroatoms. The predicted molar refractivity (Wildman–Crippen MR) is 76.8 cm³/mol. The smallest absolute Gasteiger partial charge is 0.0192 e. The molecule has 0 amide bonds. The summed E-state index contributed by atoms with van der Waals surface area (Å²) in [5, 5.41) is 3.83. The highest BCUT2D eigenvalue weighted by Gasteiger charge is 2.48. The molecule has 18 heavy (non-hydrogen) atoms. The summed E-state index contributed by atoms with van der Waals surface area (Å²) < 4.78 is 0. The van der Waals surface area contributed by atoms with E-state index >= 15 is 0 Å². The van der Waals surface area contributed by atoms with Crippen molar-refractivity contribution in [3.05, 3.63) is 35.9 Å². The van der Waals surface area contributed by atoms with Crippen molar-refractivity contribution in [2.45, 2.75) is 56.9 Å². The van der Waals surface area contributed by atoms with Gasteiger partial charge in [-0.05, 0) is 43.7 Å². The van der Waals surface area contributed by atoms with Gasteiger partial charge in [-0.3, -0.25) is 0 Å². The summed E-state index contributed by atoms with van der Waals surface area (Å²) >= 11 is 0. The molecule has 1 aromatic rings. The van der Waals surface area contributed by atoms with Gasteiger partial charge in [-0.2, -0.15) is 0 Å². The molecule has 0 aromatic heterocycles. The Bertz CT molecular complexity index is 376. The summed E-state index contributed by atoms with van der Waals surface area (Å²) in [4.78, 5) is 0. The first-order chi connectivity index (χ1) is 8.87. The molecule has 0 heterocycles. The minimum Gasteiger partial charge on any atom is -0.313 e. The van der Waals surface area contributed by atoms with E-state index in [1.807, 2.05) is 0 Å². The molecular weight excluding hydrogens is 218 g/mol. The molecule has 2 fully saturated rings. The Hall–Kier alpha value is -0.820. The van der Waals surface area contributed by atoms with E-state index in [2.05, 4.69) is 42.6 Å². The second kappa shape index (κ2) is 5.05. The second-order valence-electron chi connectivity index (χ2n) is 6.10. The first-order valence-corrected chi connectivity index (χ1v) is 7.66. The second-order valence-corrected chi connectivity index (χ2v) is 6.10. The third-order valence-corrected chi connectivity index (χ3v) is 5.24. The van der Waals surface area contributed by atoms with Crippen LogP contribution >= 0.6 is 0 Å². The molecule has 0 spiro atoms. The first kappa shape index (κ1) is 12.2. The van der Waals surface area contributed by atoms with Crippen molar-refractivity contribution in [2.75, 3.05) is 6.54 Å². The maximum Gasteiger partial charge on any atom is 0.0192 e. The van der Waals surface area contributed by atoms with E-state index in [1.165, 1.54) is 38.5 Å². The summed E-state index contributed by atoms with van der Waals surface area (Å²) in [6.45, 7) is 3.36. The molecule has 0 bridgehead atoms. The Morgan fingerprint density at radius 1 is 1.17 bits per heavy atom. The zero-order valence-corrected chi connectivity index (χ0v) is 11.5. The molecular formula is C17H25N. The fourth-order valence-electron chi connectivity index (χ4n) is 3.91. The molecule has 1 atom stereocenters. The maximum absolute atomic E-state index is 3.83. The van der Waals surface area contributed by atoms with Gasteiger partial charge in [-0.1, -0.05) is 50.1 Å². The monoisotopic (exact) mass is 243 g/mol. The average molecular weight is 243 g/mol. The Kier molecular flexibility index (Phi) is 3.43. The van der Waals surface area contributed by atoms with Crippen molar-refractivity contribution in [3.8, 4) is 0 Å². The Morgan fingerprint density at radius 3 is 2.33 bits per heavy atom. The van der Waals surface area contributed by atoms with Crippen molar-refractivity contribution in [3.63, 3.8) is 0 Å². The molecule has 3 rings (SSSR count). The van der Waals surface area contributed by atoms with Crippen LogP contribution in [0, 0.1) is 5.92 Å². The summed E-state index contributed by atoms with van der Waals surface area (Å²) in [5.74, 6) is 0.922. The zero-order chi connectivity index (χ0) is 12.4. The molecule has 0 radical (unpaired) electrons. The number of hydrogen-bond acceptors (Lipinski definition) is 1. The molecule has 2 aliphatic carbocycles. The van der Waals surface area contributed by atoms with Crippen LogP contribution in [0.4, 0.5) is 0 Å². The highest BCUT2D eigenvalue weighted by molar-refractivity contribution is 5.31. The van der Waals surface area contributed by atoms with E-state index in [4.69, 9.17) is 0 Å². The van der Waals surface area contributed by atoms with E-state index in [-0.39, 0.29) is 0 Å². The van der Waals surface area contributed by atoms with E-state index in [1.54, 1.807) is 5.56 Å². The molecule has 1 aromatic carbocycles. The third-order valence-electron chi connectivity index (χ3n) is 5.24. The van der Waals surface area contributed by atoms with Gasteiger partial charge in [0.25, 0.3) is 0 Å². The Balaban J connectivity index is 1.88. The lowest BCUT2D eigenvalue weighted by atomic mass is 9.55. The lowest BCUT2D eigenvalue weighted by Gasteiger charge is -2.53. The molecule has 0 aliphatic heterocycles. The highest BCUT2D eigenvalue weighted by Crippen LogP contribution is 2.51. The number of rotatable bonds is 5. The fraction of sp³-hybridized carbons (Fsp3) is 0.647. The fourth-order valence-corrected chi connectivity index (χ4v) is 3.91. The van der Waals surface area contributed by atoms with Crippen LogP contribution in [-0.4, -0.2) is 12.6 Å². The summed E-state index contributed by atoms with van der Waals surface area (Å²) in [6, 6.07) is 12.0. The normalized spacial score (nSPS) is 24.1. The average Bonchev–Trinajstić information content (AvgIpc) is 2.27. The minimum atomic E-state index is 0.447. The van der Waals surface area contributed by atoms with Gasteiger partial charge in [-0.15, -0.1) is 0 Å². The molecule has 1 N–H and O–H groups in total. The number of hydrogen-bond donors (Lipinski definition) is 1. The third kappa shape index (κ3) is 1.89. The largest absolute Gasteiger partial charge is 0.313 e. The van der Waals surface area contributed by atoms with Gasteiger partial charge in [0, 0.05) is 11.5 Å². The van der Waals surface area contributed by atoms with E-state index in [9.17, 15) is 0 Å². The maximum atomic E-state index is 3.83. The van der Waals surface area contributed by atoms with Crippen LogP contribution in [0.1, 0.15) is 51.0 Å². The van der Waals surface area contributed by atoms with Gasteiger partial charge >= 0.3 is 0 Å². The van der Waals surface area contributed by atoms with Crippen LogP contribution in [0.3, 0.4) is 0 Å². The zero-order valence-electron chi connectivity index (χ0n) is 11.5. The van der Waals surface area contributed by atoms with Crippen LogP contribution in [-0.2, 0) is 5.41 Å². The number of nitrogens with one attached hydrogen (secondary N) is 1. The van der Waals surface area contributed by atoms with Gasteiger partial charge < -0.3 is 5.32 Å². The van der Waals surface area contributed by atoms with Crippen molar-refractivity contribution in [2.24, 2.45) is 5.92 Å². The predicted octanol–water partition coefficient (Wildman–Crippen LogP) is 3.89. The van der Waals surface area contributed by atoms with Crippen molar-refractivity contribution < 1.29 is 0 Å². The Labute approximate surface area is 111 Å². The van der Waals surface area contributed by atoms with Crippen LogP contribution < -0.4 is 5.32 Å². The number of likely N-dealkylation sites (N-methyl/N-ethyl adjacent to an activating group) is 1. The minimum absolute atomic E-state index is 0.447. The molecule has 2 saturated carbocycles. The Morgan fingerprint density at radius 2 is 1.89 bits per heavy atom. The quantitative estimate of drug-likeness (QED) is 0.827. The SMILES string of the molecule is CCNC(C1CCC1)C1(c2ccccc2)CCC1. The van der Waals surface area contributed by atoms with Gasteiger partial charge in [0.1, 0.15) is 0 Å². The van der Waals surface area contributed by atoms with Crippen LogP contribution in [0.2, 0.25) is 0 Å². The molecule has 0 saturated heterocycles. The summed E-state index contributed by atoms with van der Waals surface area (Å²) in [5.41, 5.74) is 2.02. The van der Waals surface area contributed by atoms with Gasteiger partial charge in [0.2, 0.25) is 0 Å². The lowest BCUT2D eigenvalue weighted by Crippen LogP contribution is -2.57. The van der Waals surface area contributed by atoms with Crippen LogP contribution in [0.25, 0.3) is 0 Å². The molecule has 2 aliphatic rings. The van der Waals surface area contributed by atoms with Crippen LogP contribution in [0.15, 0.2) is 30.3 Å². The summed E-state index contributed by atoms with van der Waals surface area (Å²) in [7, 11) is 0. The van der Waals surface area contributed by atoms with Gasteiger partial charge in [0.05, 0.1) is 0 Å². The topological polar surface area (TPSA) is 12.0 Å². The summed E-state index contributed by atoms with van der Waals surface area (Å²) in [6.07, 6.45) is 8.48. The molecule has 1 nitrogen and oxygen atoms in total. The van der Waals surface area contributed by atoms with E-state index in [0.29, 0.717) is 11.5 Å². The van der Waals surface area contributed by atoms with Gasteiger partial charge in [-0.25, -0.2) is 0 Å². The van der Waals surface area contributed by atoms with E-state index in [0.717, 1.165) is 12.5 Å². The van der Waals surface area contributed by atoms with Crippen molar-refractivity contribution in [1.82, 2.24) is 5.32 Å². The lowest BCUT2D eigenvalue weighted by molar-refractivity contribution is 0.0879.